The van der Waals surface area contributed by atoms with E-state index in [2.05, 4.69) is 44.3 Å². The van der Waals surface area contributed by atoms with E-state index in [4.69, 9.17) is 4.74 Å². The van der Waals surface area contributed by atoms with Gasteiger partial charge in [0.2, 0.25) is 0 Å². The minimum absolute atomic E-state index is 0.367. The average Bonchev–Trinajstić information content (AvgIpc) is 2.81. The second kappa shape index (κ2) is 5.85. The molecule has 18 heavy (non-hydrogen) atoms. The Hall–Kier alpha value is -0.860. The van der Waals surface area contributed by atoms with Crippen LogP contribution in [0.25, 0.3) is 0 Å². The van der Waals surface area contributed by atoms with Crippen LogP contribution < -0.4 is 5.32 Å². The Morgan fingerprint density at radius 1 is 1.22 bits per heavy atom. The van der Waals surface area contributed by atoms with Crippen LogP contribution in [0.1, 0.15) is 43.9 Å². The molecule has 0 aliphatic carbocycles. The van der Waals surface area contributed by atoms with Crippen LogP contribution in [0.3, 0.4) is 0 Å². The van der Waals surface area contributed by atoms with E-state index in [0.717, 1.165) is 32.7 Å². The van der Waals surface area contributed by atoms with Crippen molar-refractivity contribution in [3.8, 4) is 0 Å². The molecule has 1 N–H and O–H groups in total. The standard InChI is InChI=1S/C16H25NO/c1-4-17-12-16(2,3)8-7-13-5-6-14-10-18-11-15(14)9-13/h5-6,9,17H,4,7-8,10-12H2,1-3H3. The van der Waals surface area contributed by atoms with Crippen LogP contribution >= 0.6 is 0 Å². The van der Waals surface area contributed by atoms with Crippen LogP contribution in [0.15, 0.2) is 18.2 Å². The number of benzene rings is 1. The third-order valence-electron chi connectivity index (χ3n) is 3.73. The third kappa shape index (κ3) is 3.56. The van der Waals surface area contributed by atoms with Gasteiger partial charge in [0, 0.05) is 6.54 Å². The first-order chi connectivity index (χ1) is 8.61. The summed E-state index contributed by atoms with van der Waals surface area (Å²) in [5.41, 5.74) is 4.57. The lowest BCUT2D eigenvalue weighted by Gasteiger charge is -2.25. The second-order valence-corrected chi connectivity index (χ2v) is 6.04. The Morgan fingerprint density at radius 2 is 2.00 bits per heavy atom. The fourth-order valence-electron chi connectivity index (χ4n) is 2.42. The highest BCUT2D eigenvalue weighted by molar-refractivity contribution is 5.33. The predicted octanol–water partition coefficient (Wildman–Crippen LogP) is 3.29. The Bertz CT molecular complexity index is 398. The molecule has 0 atom stereocenters. The quantitative estimate of drug-likeness (QED) is 0.833. The molecule has 1 heterocycles. The lowest BCUT2D eigenvalue weighted by Crippen LogP contribution is -2.29. The summed E-state index contributed by atoms with van der Waals surface area (Å²) in [4.78, 5) is 0. The third-order valence-corrected chi connectivity index (χ3v) is 3.73. The van der Waals surface area contributed by atoms with Crippen molar-refractivity contribution in [1.82, 2.24) is 5.32 Å². The monoisotopic (exact) mass is 247 g/mol. The Morgan fingerprint density at radius 3 is 2.78 bits per heavy atom. The number of rotatable bonds is 6. The highest BCUT2D eigenvalue weighted by Crippen LogP contribution is 2.25. The largest absolute Gasteiger partial charge is 0.372 e. The average molecular weight is 247 g/mol. The van der Waals surface area contributed by atoms with E-state index >= 15 is 0 Å². The molecule has 0 aromatic heterocycles. The topological polar surface area (TPSA) is 21.3 Å². The molecule has 0 saturated carbocycles. The molecule has 0 fully saturated rings. The van der Waals surface area contributed by atoms with Crippen molar-refractivity contribution in [2.45, 2.75) is 46.8 Å². The maximum Gasteiger partial charge on any atom is 0.0725 e. The van der Waals surface area contributed by atoms with Gasteiger partial charge >= 0.3 is 0 Å². The lowest BCUT2D eigenvalue weighted by atomic mass is 9.86. The van der Waals surface area contributed by atoms with Gasteiger partial charge in [0.25, 0.3) is 0 Å². The second-order valence-electron chi connectivity index (χ2n) is 6.04. The molecule has 0 amide bonds. The smallest absolute Gasteiger partial charge is 0.0725 e. The Kier molecular flexibility index (Phi) is 4.41. The number of fused-ring (bicyclic) bond motifs is 1. The molecule has 0 unspecified atom stereocenters. The van der Waals surface area contributed by atoms with Gasteiger partial charge in [-0.25, -0.2) is 0 Å². The van der Waals surface area contributed by atoms with Crippen molar-refractivity contribution in [1.29, 1.82) is 0 Å². The fourth-order valence-corrected chi connectivity index (χ4v) is 2.42. The summed E-state index contributed by atoms with van der Waals surface area (Å²) in [5, 5.41) is 3.45. The van der Waals surface area contributed by atoms with Crippen LogP contribution in [-0.2, 0) is 24.4 Å². The molecule has 0 saturated heterocycles. The van der Waals surface area contributed by atoms with Crippen molar-refractivity contribution < 1.29 is 4.74 Å². The van der Waals surface area contributed by atoms with Gasteiger partial charge in [0.05, 0.1) is 13.2 Å². The molecular weight excluding hydrogens is 222 g/mol. The zero-order valence-electron chi connectivity index (χ0n) is 11.9. The number of hydrogen-bond acceptors (Lipinski definition) is 2. The molecular formula is C16H25NO. The summed E-state index contributed by atoms with van der Waals surface area (Å²) < 4.78 is 5.46. The summed E-state index contributed by atoms with van der Waals surface area (Å²) in [6, 6.07) is 6.82. The SMILES string of the molecule is CCNCC(C)(C)CCc1ccc2c(c1)COC2. The maximum atomic E-state index is 5.46. The lowest BCUT2D eigenvalue weighted by molar-refractivity contribution is 0.134. The predicted molar refractivity (Wildman–Crippen MR) is 75.6 cm³/mol. The molecule has 1 aliphatic heterocycles. The van der Waals surface area contributed by atoms with E-state index in [-0.39, 0.29) is 0 Å². The Labute approximate surface area is 111 Å². The first-order valence-electron chi connectivity index (χ1n) is 7.00. The number of nitrogens with one attached hydrogen (secondary N) is 1. The van der Waals surface area contributed by atoms with Crippen molar-refractivity contribution in [2.24, 2.45) is 5.41 Å². The molecule has 0 radical (unpaired) electrons. The van der Waals surface area contributed by atoms with E-state index in [0.29, 0.717) is 5.41 Å². The zero-order chi connectivity index (χ0) is 13.0. The first kappa shape index (κ1) is 13.6. The number of aryl methyl sites for hydroxylation is 1. The van der Waals surface area contributed by atoms with Gasteiger partial charge in [-0.15, -0.1) is 0 Å². The summed E-state index contributed by atoms with van der Waals surface area (Å²) in [5.74, 6) is 0. The highest BCUT2D eigenvalue weighted by atomic mass is 16.5. The van der Waals surface area contributed by atoms with E-state index in [1.54, 1.807) is 0 Å². The van der Waals surface area contributed by atoms with Crippen molar-refractivity contribution >= 4 is 0 Å². The van der Waals surface area contributed by atoms with Crippen LogP contribution in [0.2, 0.25) is 0 Å². The molecule has 2 heteroatoms. The van der Waals surface area contributed by atoms with Crippen molar-refractivity contribution in [3.63, 3.8) is 0 Å². The highest BCUT2D eigenvalue weighted by Gasteiger charge is 2.17. The number of ether oxygens (including phenoxy) is 1. The maximum absolute atomic E-state index is 5.46. The minimum Gasteiger partial charge on any atom is -0.372 e. The summed E-state index contributed by atoms with van der Waals surface area (Å²) in [6.07, 6.45) is 2.38. The molecule has 0 bridgehead atoms. The van der Waals surface area contributed by atoms with E-state index in [1.807, 2.05) is 0 Å². The molecule has 1 aromatic rings. The Balaban J connectivity index is 1.90. The molecule has 1 aliphatic rings. The van der Waals surface area contributed by atoms with Gasteiger partial charge in [-0.1, -0.05) is 39.0 Å². The van der Waals surface area contributed by atoms with E-state index in [1.165, 1.54) is 23.1 Å². The van der Waals surface area contributed by atoms with Crippen molar-refractivity contribution in [3.05, 3.63) is 34.9 Å². The van der Waals surface area contributed by atoms with Gasteiger partial charge in [0.15, 0.2) is 0 Å². The first-order valence-corrected chi connectivity index (χ1v) is 7.00. The summed E-state index contributed by atoms with van der Waals surface area (Å²) >= 11 is 0. The van der Waals surface area contributed by atoms with Crippen LogP contribution in [0.5, 0.6) is 0 Å². The summed E-state index contributed by atoms with van der Waals surface area (Å²) in [7, 11) is 0. The zero-order valence-corrected chi connectivity index (χ0v) is 11.9. The van der Waals surface area contributed by atoms with Gasteiger partial charge in [0.1, 0.15) is 0 Å². The van der Waals surface area contributed by atoms with Crippen LogP contribution in [-0.4, -0.2) is 13.1 Å². The molecule has 0 spiro atoms. The van der Waals surface area contributed by atoms with E-state index < -0.39 is 0 Å². The van der Waals surface area contributed by atoms with Gasteiger partial charge in [-0.3, -0.25) is 0 Å². The number of hydrogen-bond donors (Lipinski definition) is 1. The summed E-state index contributed by atoms with van der Waals surface area (Å²) in [6.45, 7) is 10.6. The molecule has 2 nitrogen and oxygen atoms in total. The molecule has 2 rings (SSSR count). The van der Waals surface area contributed by atoms with Crippen LogP contribution in [0, 0.1) is 5.41 Å². The molecule has 100 valence electrons. The molecule has 1 aromatic carbocycles. The minimum atomic E-state index is 0.367. The van der Waals surface area contributed by atoms with Gasteiger partial charge < -0.3 is 10.1 Å². The normalized spacial score (nSPS) is 14.8. The van der Waals surface area contributed by atoms with Gasteiger partial charge in [-0.2, -0.15) is 0 Å². The van der Waals surface area contributed by atoms with Gasteiger partial charge in [-0.05, 0) is 41.5 Å². The van der Waals surface area contributed by atoms with Crippen molar-refractivity contribution in [2.75, 3.05) is 13.1 Å². The van der Waals surface area contributed by atoms with Crippen LogP contribution in [0.4, 0.5) is 0 Å². The van der Waals surface area contributed by atoms with E-state index in [9.17, 15) is 0 Å². The fraction of sp³-hybridized carbons (Fsp3) is 0.625.